The number of para-hydroxylation sites is 1. The average molecular weight is 485 g/mol. The number of nitrogens with two attached hydrogens (primary N) is 1. The first-order valence-corrected chi connectivity index (χ1v) is 11.6. The Labute approximate surface area is 208 Å². The molecule has 0 saturated heterocycles. The topological polar surface area (TPSA) is 136 Å². The molecule has 4 rings (SSSR count). The standard InChI is InChI=1S/C27H28N6O3/c1-16-9-7-12-21-23(16)25(34)33(19-10-5-4-6-11-19)22(31-21)13-8-14-29-24-20(15-17(2)26(35)36)18(3)30-27(28)32-24/h4-7,9-12,15H,8,13-14H2,1-3H3,(H,35,36)(H3,28,29,30,32)/b17-15-. The summed E-state index contributed by atoms with van der Waals surface area (Å²) in [6.07, 6.45) is 2.69. The summed E-state index contributed by atoms with van der Waals surface area (Å²) in [5, 5.41) is 13.1. The molecular formula is C27H28N6O3. The number of rotatable bonds is 8. The summed E-state index contributed by atoms with van der Waals surface area (Å²) in [6.45, 7) is 5.68. The Hall–Kier alpha value is -4.53. The smallest absolute Gasteiger partial charge is 0.331 e. The summed E-state index contributed by atoms with van der Waals surface area (Å²) in [5.74, 6) is 0.202. The van der Waals surface area contributed by atoms with Gasteiger partial charge >= 0.3 is 5.97 Å². The van der Waals surface area contributed by atoms with E-state index in [-0.39, 0.29) is 17.1 Å². The van der Waals surface area contributed by atoms with Crippen LogP contribution in [-0.4, -0.2) is 37.1 Å². The fraction of sp³-hybridized carbons (Fsp3) is 0.222. The second-order valence-electron chi connectivity index (χ2n) is 8.57. The van der Waals surface area contributed by atoms with Gasteiger partial charge in [-0.3, -0.25) is 9.36 Å². The first kappa shape index (κ1) is 24.6. The number of aromatic nitrogens is 4. The van der Waals surface area contributed by atoms with E-state index in [2.05, 4.69) is 15.3 Å². The molecule has 0 atom stereocenters. The number of aliphatic carboxylic acids is 1. The van der Waals surface area contributed by atoms with Crippen molar-refractivity contribution >= 4 is 34.7 Å². The van der Waals surface area contributed by atoms with Gasteiger partial charge in [0, 0.05) is 24.1 Å². The van der Waals surface area contributed by atoms with Crippen LogP contribution in [0, 0.1) is 13.8 Å². The van der Waals surface area contributed by atoms with Crippen LogP contribution < -0.4 is 16.6 Å². The van der Waals surface area contributed by atoms with Gasteiger partial charge in [-0.1, -0.05) is 30.3 Å². The van der Waals surface area contributed by atoms with Gasteiger partial charge in [-0.05, 0) is 57.0 Å². The number of carboxylic acids is 1. The molecule has 0 saturated carbocycles. The molecule has 0 unspecified atom stereocenters. The molecule has 2 heterocycles. The van der Waals surface area contributed by atoms with E-state index in [1.807, 2.05) is 55.5 Å². The molecule has 184 valence electrons. The Bertz CT molecular complexity index is 1530. The molecule has 0 aliphatic rings. The summed E-state index contributed by atoms with van der Waals surface area (Å²) >= 11 is 0. The number of hydrogen-bond donors (Lipinski definition) is 3. The highest BCUT2D eigenvalue weighted by Crippen LogP contribution is 2.21. The zero-order valence-corrected chi connectivity index (χ0v) is 20.4. The van der Waals surface area contributed by atoms with E-state index < -0.39 is 5.97 Å². The predicted molar refractivity (Wildman–Crippen MR) is 141 cm³/mol. The van der Waals surface area contributed by atoms with Crippen molar-refractivity contribution in [3.05, 3.63) is 87.1 Å². The minimum Gasteiger partial charge on any atom is -0.478 e. The molecule has 0 bridgehead atoms. The summed E-state index contributed by atoms with van der Waals surface area (Å²) < 4.78 is 1.67. The lowest BCUT2D eigenvalue weighted by molar-refractivity contribution is -0.132. The minimum absolute atomic E-state index is 0.0944. The van der Waals surface area contributed by atoms with Crippen LogP contribution in [0.1, 0.15) is 36.0 Å². The van der Waals surface area contributed by atoms with Crippen molar-refractivity contribution in [2.75, 3.05) is 17.6 Å². The van der Waals surface area contributed by atoms with E-state index in [1.165, 1.54) is 13.0 Å². The summed E-state index contributed by atoms with van der Waals surface area (Å²) in [5.41, 5.74) is 9.38. The molecule has 0 spiro atoms. The van der Waals surface area contributed by atoms with E-state index in [0.717, 1.165) is 11.3 Å². The van der Waals surface area contributed by atoms with Crippen LogP contribution in [0.4, 0.5) is 11.8 Å². The molecule has 4 N–H and O–H groups in total. The van der Waals surface area contributed by atoms with Crippen molar-refractivity contribution in [2.45, 2.75) is 33.6 Å². The molecular weight excluding hydrogens is 456 g/mol. The second kappa shape index (κ2) is 10.4. The first-order valence-electron chi connectivity index (χ1n) is 11.6. The van der Waals surface area contributed by atoms with Crippen molar-refractivity contribution in [1.29, 1.82) is 0 Å². The lowest BCUT2D eigenvalue weighted by atomic mass is 10.1. The fourth-order valence-corrected chi connectivity index (χ4v) is 4.10. The van der Waals surface area contributed by atoms with E-state index in [1.54, 1.807) is 11.5 Å². The minimum atomic E-state index is -1.02. The lowest BCUT2D eigenvalue weighted by Crippen LogP contribution is -2.25. The third-order valence-corrected chi connectivity index (χ3v) is 5.91. The number of hydrogen-bond acceptors (Lipinski definition) is 7. The van der Waals surface area contributed by atoms with Gasteiger partial charge in [-0.25, -0.2) is 14.8 Å². The maximum absolute atomic E-state index is 13.5. The zero-order valence-electron chi connectivity index (χ0n) is 20.4. The molecule has 36 heavy (non-hydrogen) atoms. The number of nitrogen functional groups attached to an aromatic ring is 1. The van der Waals surface area contributed by atoms with Gasteiger partial charge < -0.3 is 16.2 Å². The van der Waals surface area contributed by atoms with Crippen LogP contribution >= 0.6 is 0 Å². The number of carbonyl (C=O) groups is 1. The third-order valence-electron chi connectivity index (χ3n) is 5.91. The number of nitrogens with one attached hydrogen (secondary N) is 1. The Kier molecular flexibility index (Phi) is 7.10. The maximum atomic E-state index is 13.5. The van der Waals surface area contributed by atoms with Crippen LogP contribution in [0.3, 0.4) is 0 Å². The Morgan fingerprint density at radius 1 is 1.08 bits per heavy atom. The van der Waals surface area contributed by atoms with Crippen LogP contribution in [0.5, 0.6) is 0 Å². The Balaban J connectivity index is 1.62. The maximum Gasteiger partial charge on any atom is 0.331 e. The molecule has 9 nitrogen and oxygen atoms in total. The molecule has 4 aromatic rings. The number of benzene rings is 2. The van der Waals surface area contributed by atoms with Crippen molar-refractivity contribution in [3.63, 3.8) is 0 Å². The Morgan fingerprint density at radius 3 is 2.56 bits per heavy atom. The molecule has 2 aromatic carbocycles. The second-order valence-corrected chi connectivity index (χ2v) is 8.57. The van der Waals surface area contributed by atoms with E-state index in [0.29, 0.717) is 53.2 Å². The Morgan fingerprint density at radius 2 is 1.83 bits per heavy atom. The van der Waals surface area contributed by atoms with Gasteiger partial charge in [0.1, 0.15) is 11.6 Å². The van der Waals surface area contributed by atoms with Crippen LogP contribution in [0.2, 0.25) is 0 Å². The quantitative estimate of drug-likeness (QED) is 0.253. The van der Waals surface area contributed by atoms with Gasteiger partial charge in [0.2, 0.25) is 5.95 Å². The molecule has 0 aliphatic heterocycles. The van der Waals surface area contributed by atoms with Gasteiger partial charge in [0.15, 0.2) is 0 Å². The van der Waals surface area contributed by atoms with Crippen LogP contribution in [-0.2, 0) is 11.2 Å². The molecule has 0 aliphatic carbocycles. The van der Waals surface area contributed by atoms with Gasteiger partial charge in [-0.15, -0.1) is 0 Å². The van der Waals surface area contributed by atoms with E-state index >= 15 is 0 Å². The molecule has 0 radical (unpaired) electrons. The highest BCUT2D eigenvalue weighted by molar-refractivity contribution is 5.92. The normalized spacial score (nSPS) is 11.6. The van der Waals surface area contributed by atoms with Crippen LogP contribution in [0.15, 0.2) is 58.9 Å². The zero-order chi connectivity index (χ0) is 25.8. The van der Waals surface area contributed by atoms with Crippen molar-refractivity contribution in [1.82, 2.24) is 19.5 Å². The summed E-state index contributed by atoms with van der Waals surface area (Å²) in [6, 6.07) is 15.2. The molecule has 0 fully saturated rings. The number of nitrogens with zero attached hydrogens (tertiary/aromatic N) is 4. The molecule has 9 heteroatoms. The highest BCUT2D eigenvalue weighted by Gasteiger charge is 2.15. The first-order chi connectivity index (χ1) is 17.3. The van der Waals surface area contributed by atoms with Crippen molar-refractivity contribution < 1.29 is 9.90 Å². The third kappa shape index (κ3) is 5.10. The molecule has 0 amide bonds. The average Bonchev–Trinajstić information content (AvgIpc) is 2.84. The summed E-state index contributed by atoms with van der Waals surface area (Å²) in [7, 11) is 0. The SMILES string of the molecule is C/C(=C/c1c(C)nc(N)nc1NCCCc1nc2cccc(C)c2c(=O)n1-c1ccccc1)C(=O)O. The number of aryl methyl sites for hydroxylation is 3. The van der Waals surface area contributed by atoms with Gasteiger partial charge in [0.05, 0.1) is 22.3 Å². The highest BCUT2D eigenvalue weighted by atomic mass is 16.4. The fourth-order valence-electron chi connectivity index (χ4n) is 4.10. The van der Waals surface area contributed by atoms with Crippen LogP contribution in [0.25, 0.3) is 22.7 Å². The van der Waals surface area contributed by atoms with Gasteiger partial charge in [-0.2, -0.15) is 4.98 Å². The van der Waals surface area contributed by atoms with Crippen molar-refractivity contribution in [3.8, 4) is 5.69 Å². The lowest BCUT2D eigenvalue weighted by Gasteiger charge is -2.15. The number of anilines is 2. The number of carboxylic acid groups (broad SMARTS) is 1. The monoisotopic (exact) mass is 484 g/mol. The molecule has 2 aromatic heterocycles. The van der Waals surface area contributed by atoms with E-state index in [4.69, 9.17) is 10.7 Å². The largest absolute Gasteiger partial charge is 0.478 e. The van der Waals surface area contributed by atoms with Gasteiger partial charge in [0.25, 0.3) is 5.56 Å². The van der Waals surface area contributed by atoms with E-state index in [9.17, 15) is 14.7 Å². The predicted octanol–water partition coefficient (Wildman–Crippen LogP) is 3.91. The van der Waals surface area contributed by atoms with Crippen molar-refractivity contribution in [2.24, 2.45) is 0 Å². The number of fused-ring (bicyclic) bond motifs is 1. The summed E-state index contributed by atoms with van der Waals surface area (Å²) in [4.78, 5) is 38.1.